The fourth-order valence-electron chi connectivity index (χ4n) is 3.04. The molecule has 3 nitrogen and oxygen atoms in total. The number of fused-ring (bicyclic) bond motifs is 2. The number of piperidine rings is 1. The molecular formula is C16H19NO2. The number of benzene rings is 1. The molecule has 1 aliphatic carbocycles. The molecule has 2 bridgehead atoms. The van der Waals surface area contributed by atoms with Crippen LogP contribution in [0, 0.1) is 11.8 Å². The molecule has 0 saturated carbocycles. The van der Waals surface area contributed by atoms with E-state index in [1.54, 1.807) is 5.06 Å². The van der Waals surface area contributed by atoms with E-state index in [2.05, 4.69) is 19.1 Å². The van der Waals surface area contributed by atoms with E-state index in [9.17, 15) is 4.79 Å². The van der Waals surface area contributed by atoms with Crippen molar-refractivity contribution in [3.63, 3.8) is 0 Å². The maximum absolute atomic E-state index is 12.4. The molecule has 100 valence electrons. The second kappa shape index (κ2) is 5.17. The average Bonchev–Trinajstić information content (AvgIpc) is 2.86. The molecule has 3 rings (SSSR count). The van der Waals surface area contributed by atoms with Gasteiger partial charge in [-0.1, -0.05) is 49.4 Å². The summed E-state index contributed by atoms with van der Waals surface area (Å²) in [5.41, 5.74) is 1.09. The quantitative estimate of drug-likeness (QED) is 0.776. The van der Waals surface area contributed by atoms with Gasteiger partial charge < -0.3 is 0 Å². The zero-order valence-corrected chi connectivity index (χ0v) is 11.2. The van der Waals surface area contributed by atoms with Gasteiger partial charge >= 0.3 is 0 Å². The number of hydrogen-bond donors (Lipinski definition) is 0. The fraction of sp³-hybridized carbons (Fsp3) is 0.438. The lowest BCUT2D eigenvalue weighted by atomic mass is 9.85. The zero-order valence-electron chi connectivity index (χ0n) is 11.2. The number of nitrogens with zero attached hydrogens (tertiary/aromatic N) is 1. The highest BCUT2D eigenvalue weighted by Gasteiger charge is 2.42. The smallest absolute Gasteiger partial charge is 0.250 e. The summed E-state index contributed by atoms with van der Waals surface area (Å²) in [5, 5.41) is 1.60. The number of allylic oxidation sites excluding steroid dienone is 1. The Labute approximate surface area is 113 Å². The van der Waals surface area contributed by atoms with Crippen LogP contribution in [-0.4, -0.2) is 17.0 Å². The van der Waals surface area contributed by atoms with Crippen molar-refractivity contribution >= 4 is 5.91 Å². The van der Waals surface area contributed by atoms with E-state index in [1.165, 1.54) is 0 Å². The first-order chi connectivity index (χ1) is 9.29. The lowest BCUT2D eigenvalue weighted by Crippen LogP contribution is -2.47. The summed E-state index contributed by atoms with van der Waals surface area (Å²) in [5.74, 6) is 0.648. The molecule has 3 heteroatoms. The van der Waals surface area contributed by atoms with Gasteiger partial charge in [0.25, 0.3) is 0 Å². The van der Waals surface area contributed by atoms with Crippen molar-refractivity contribution in [1.29, 1.82) is 0 Å². The molecule has 19 heavy (non-hydrogen) atoms. The molecule has 3 unspecified atom stereocenters. The molecular weight excluding hydrogens is 238 g/mol. The molecule has 1 amide bonds. The first-order valence-corrected chi connectivity index (χ1v) is 6.98. The highest BCUT2D eigenvalue weighted by atomic mass is 16.7. The minimum Gasteiger partial charge on any atom is -0.272 e. The van der Waals surface area contributed by atoms with Crippen molar-refractivity contribution in [2.75, 3.05) is 0 Å². The Balaban J connectivity index is 1.70. The van der Waals surface area contributed by atoms with Gasteiger partial charge in [-0.3, -0.25) is 9.63 Å². The van der Waals surface area contributed by atoms with Crippen molar-refractivity contribution in [1.82, 2.24) is 5.06 Å². The van der Waals surface area contributed by atoms with Crippen LogP contribution < -0.4 is 0 Å². The van der Waals surface area contributed by atoms with Crippen LogP contribution in [0.15, 0.2) is 42.5 Å². The monoisotopic (exact) mass is 257 g/mol. The van der Waals surface area contributed by atoms with Gasteiger partial charge in [-0.05, 0) is 24.3 Å². The summed E-state index contributed by atoms with van der Waals surface area (Å²) in [7, 11) is 0. The molecule has 0 spiro atoms. The van der Waals surface area contributed by atoms with Gasteiger partial charge in [0.15, 0.2) is 0 Å². The van der Waals surface area contributed by atoms with Crippen LogP contribution >= 0.6 is 0 Å². The summed E-state index contributed by atoms with van der Waals surface area (Å²) in [6.45, 7) is 2.53. The first-order valence-electron chi connectivity index (χ1n) is 6.98. The number of hydrogen-bond acceptors (Lipinski definition) is 2. The Morgan fingerprint density at radius 3 is 2.79 bits per heavy atom. The van der Waals surface area contributed by atoms with E-state index in [0.29, 0.717) is 12.5 Å². The minimum absolute atomic E-state index is 0.0887. The molecule has 1 aromatic rings. The zero-order chi connectivity index (χ0) is 13.2. The van der Waals surface area contributed by atoms with Crippen molar-refractivity contribution in [2.24, 2.45) is 11.8 Å². The topological polar surface area (TPSA) is 29.5 Å². The Kier molecular flexibility index (Phi) is 3.38. The minimum atomic E-state index is 0.0887. The van der Waals surface area contributed by atoms with Crippen molar-refractivity contribution in [2.45, 2.75) is 32.4 Å². The molecule has 0 radical (unpaired) electrons. The molecule has 0 N–H and O–H groups in total. The van der Waals surface area contributed by atoms with Gasteiger partial charge in [-0.25, -0.2) is 5.06 Å². The summed E-state index contributed by atoms with van der Waals surface area (Å²) < 4.78 is 0. The molecule has 1 fully saturated rings. The molecule has 1 heterocycles. The van der Waals surface area contributed by atoms with Gasteiger partial charge in [0.05, 0.1) is 6.04 Å². The van der Waals surface area contributed by atoms with Gasteiger partial charge in [0.1, 0.15) is 6.61 Å². The SMILES string of the molecule is CCC1C(=O)N(OCc2ccccc2)C2C=CC1C2. The van der Waals surface area contributed by atoms with Crippen molar-refractivity contribution in [3.8, 4) is 0 Å². The number of carbonyl (C=O) groups excluding carboxylic acids is 1. The highest BCUT2D eigenvalue weighted by Crippen LogP contribution is 2.37. The second-order valence-electron chi connectivity index (χ2n) is 5.29. The predicted octanol–water partition coefficient (Wildman–Crippen LogP) is 2.93. The van der Waals surface area contributed by atoms with E-state index in [4.69, 9.17) is 4.84 Å². The van der Waals surface area contributed by atoms with Crippen LogP contribution in [0.2, 0.25) is 0 Å². The van der Waals surface area contributed by atoms with Crippen LogP contribution in [0.3, 0.4) is 0 Å². The summed E-state index contributed by atoms with van der Waals surface area (Å²) in [4.78, 5) is 18.2. The largest absolute Gasteiger partial charge is 0.272 e. The van der Waals surface area contributed by atoms with Crippen LogP contribution in [0.1, 0.15) is 25.3 Å². The third-order valence-electron chi connectivity index (χ3n) is 4.10. The lowest BCUT2D eigenvalue weighted by molar-refractivity contribution is -0.213. The molecule has 1 aliphatic heterocycles. The Bertz CT molecular complexity index is 483. The van der Waals surface area contributed by atoms with Crippen molar-refractivity contribution < 1.29 is 9.63 Å². The number of rotatable bonds is 4. The maximum Gasteiger partial charge on any atom is 0.250 e. The lowest BCUT2D eigenvalue weighted by Gasteiger charge is -2.36. The molecule has 3 atom stereocenters. The Morgan fingerprint density at radius 1 is 1.26 bits per heavy atom. The van der Waals surface area contributed by atoms with Crippen LogP contribution in [0.25, 0.3) is 0 Å². The van der Waals surface area contributed by atoms with E-state index in [1.807, 2.05) is 30.3 Å². The Hall–Kier alpha value is -1.61. The first kappa shape index (κ1) is 12.4. The molecule has 2 aliphatic rings. The predicted molar refractivity (Wildman–Crippen MR) is 72.9 cm³/mol. The Morgan fingerprint density at radius 2 is 2.05 bits per heavy atom. The third-order valence-corrected chi connectivity index (χ3v) is 4.10. The fourth-order valence-corrected chi connectivity index (χ4v) is 3.04. The normalized spacial score (nSPS) is 29.0. The second-order valence-corrected chi connectivity index (χ2v) is 5.29. The molecule has 1 saturated heterocycles. The number of carbonyl (C=O) groups is 1. The van der Waals surface area contributed by atoms with E-state index < -0.39 is 0 Å². The third kappa shape index (κ3) is 2.30. The van der Waals surface area contributed by atoms with Crippen LogP contribution in [-0.2, 0) is 16.2 Å². The van der Waals surface area contributed by atoms with E-state index in [0.717, 1.165) is 18.4 Å². The van der Waals surface area contributed by atoms with Gasteiger partial charge in [-0.15, -0.1) is 0 Å². The van der Waals surface area contributed by atoms with Gasteiger partial charge in [0, 0.05) is 5.92 Å². The number of amides is 1. The van der Waals surface area contributed by atoms with Gasteiger partial charge in [0.2, 0.25) is 5.91 Å². The highest BCUT2D eigenvalue weighted by molar-refractivity contribution is 5.80. The maximum atomic E-state index is 12.4. The average molecular weight is 257 g/mol. The summed E-state index contributed by atoms with van der Waals surface area (Å²) >= 11 is 0. The van der Waals surface area contributed by atoms with Crippen LogP contribution in [0.4, 0.5) is 0 Å². The summed E-state index contributed by atoms with van der Waals surface area (Å²) in [6.07, 6.45) is 6.19. The van der Waals surface area contributed by atoms with E-state index >= 15 is 0 Å². The van der Waals surface area contributed by atoms with Gasteiger partial charge in [-0.2, -0.15) is 0 Å². The van der Waals surface area contributed by atoms with Crippen molar-refractivity contribution in [3.05, 3.63) is 48.0 Å². The molecule has 0 aromatic heterocycles. The van der Waals surface area contributed by atoms with Crippen LogP contribution in [0.5, 0.6) is 0 Å². The number of hydroxylamine groups is 2. The standard InChI is InChI=1S/C16H19NO2/c1-2-15-13-8-9-14(10-13)17(16(15)18)19-11-12-6-4-3-5-7-12/h3-9,13-15H,2,10-11H2,1H3. The summed E-state index contributed by atoms with van der Waals surface area (Å²) in [6, 6.07) is 10.1. The molecule has 1 aromatic carbocycles. The van der Waals surface area contributed by atoms with E-state index in [-0.39, 0.29) is 17.9 Å².